The second-order valence-corrected chi connectivity index (χ2v) is 5.87. The molecule has 0 saturated heterocycles. The third kappa shape index (κ3) is 3.40. The standard InChI is InChI=1S/C14H23N5O2/c1-9(2)10-6-4-5-7-11(10)18-14-12(19(20)21)13(15-3)16-8-17-14/h8-11H,4-7H2,1-3H3,(H2,15,16,17,18). The van der Waals surface area contributed by atoms with Crippen LogP contribution in [0.15, 0.2) is 6.33 Å². The van der Waals surface area contributed by atoms with Gasteiger partial charge in [-0.25, -0.2) is 9.97 Å². The molecule has 21 heavy (non-hydrogen) atoms. The van der Waals surface area contributed by atoms with Crippen LogP contribution in [0.1, 0.15) is 39.5 Å². The van der Waals surface area contributed by atoms with Gasteiger partial charge in [-0.05, 0) is 24.7 Å². The van der Waals surface area contributed by atoms with Gasteiger partial charge in [0.2, 0.25) is 11.6 Å². The Morgan fingerprint density at radius 1 is 1.29 bits per heavy atom. The molecule has 1 aliphatic rings. The average molecular weight is 293 g/mol. The first-order valence-corrected chi connectivity index (χ1v) is 7.48. The van der Waals surface area contributed by atoms with Crippen molar-refractivity contribution in [2.24, 2.45) is 11.8 Å². The molecule has 1 aromatic rings. The van der Waals surface area contributed by atoms with Gasteiger partial charge in [-0.1, -0.05) is 26.7 Å². The third-order valence-corrected chi connectivity index (χ3v) is 4.24. The van der Waals surface area contributed by atoms with E-state index < -0.39 is 4.92 Å². The van der Waals surface area contributed by atoms with Crippen LogP contribution in [0.4, 0.5) is 17.3 Å². The Kier molecular flexibility index (Phi) is 4.93. The Hall–Kier alpha value is -1.92. The summed E-state index contributed by atoms with van der Waals surface area (Å²) in [6.45, 7) is 4.41. The third-order valence-electron chi connectivity index (χ3n) is 4.24. The van der Waals surface area contributed by atoms with Gasteiger partial charge in [-0.3, -0.25) is 10.1 Å². The second kappa shape index (κ2) is 6.69. The minimum atomic E-state index is -0.429. The summed E-state index contributed by atoms with van der Waals surface area (Å²) in [5.74, 6) is 1.63. The zero-order valence-electron chi connectivity index (χ0n) is 12.8. The highest BCUT2D eigenvalue weighted by Gasteiger charge is 2.31. The quantitative estimate of drug-likeness (QED) is 0.640. The summed E-state index contributed by atoms with van der Waals surface area (Å²) >= 11 is 0. The molecule has 7 heteroatoms. The van der Waals surface area contributed by atoms with Crippen LogP contribution < -0.4 is 10.6 Å². The molecular formula is C14H23N5O2. The summed E-state index contributed by atoms with van der Waals surface area (Å²) in [6, 6.07) is 0.233. The van der Waals surface area contributed by atoms with Crippen molar-refractivity contribution in [3.05, 3.63) is 16.4 Å². The van der Waals surface area contributed by atoms with Crippen molar-refractivity contribution in [3.63, 3.8) is 0 Å². The topological polar surface area (TPSA) is 93.0 Å². The van der Waals surface area contributed by atoms with Crippen molar-refractivity contribution in [1.29, 1.82) is 0 Å². The SMILES string of the molecule is CNc1ncnc(NC2CCCCC2C(C)C)c1[N+](=O)[O-]. The van der Waals surface area contributed by atoms with Gasteiger partial charge in [0.25, 0.3) is 0 Å². The maximum absolute atomic E-state index is 11.3. The molecule has 116 valence electrons. The van der Waals surface area contributed by atoms with Gasteiger partial charge in [0.1, 0.15) is 6.33 Å². The molecular weight excluding hydrogens is 270 g/mol. The van der Waals surface area contributed by atoms with Gasteiger partial charge in [0, 0.05) is 13.1 Å². The monoisotopic (exact) mass is 293 g/mol. The molecule has 1 heterocycles. The van der Waals surface area contributed by atoms with Crippen LogP contribution in [0.5, 0.6) is 0 Å². The van der Waals surface area contributed by atoms with Crippen LogP contribution in [-0.2, 0) is 0 Å². The Bertz CT molecular complexity index is 506. The molecule has 1 aliphatic carbocycles. The Labute approximate surface area is 124 Å². The molecule has 2 atom stereocenters. The molecule has 1 saturated carbocycles. The van der Waals surface area contributed by atoms with Gasteiger partial charge in [-0.2, -0.15) is 0 Å². The zero-order chi connectivity index (χ0) is 15.4. The van der Waals surface area contributed by atoms with E-state index in [9.17, 15) is 10.1 Å². The van der Waals surface area contributed by atoms with E-state index in [-0.39, 0.29) is 17.5 Å². The van der Waals surface area contributed by atoms with Gasteiger partial charge >= 0.3 is 5.69 Å². The van der Waals surface area contributed by atoms with Crippen molar-refractivity contribution in [3.8, 4) is 0 Å². The second-order valence-electron chi connectivity index (χ2n) is 5.87. The fourth-order valence-electron chi connectivity index (χ4n) is 3.15. The van der Waals surface area contributed by atoms with E-state index >= 15 is 0 Å². The molecule has 0 radical (unpaired) electrons. The average Bonchev–Trinajstić information content (AvgIpc) is 2.47. The predicted molar refractivity (Wildman–Crippen MR) is 82.4 cm³/mol. The van der Waals surface area contributed by atoms with Crippen LogP contribution >= 0.6 is 0 Å². The molecule has 0 aromatic carbocycles. The summed E-state index contributed by atoms with van der Waals surface area (Å²) in [7, 11) is 1.62. The largest absolute Gasteiger partial charge is 0.367 e. The minimum Gasteiger partial charge on any atom is -0.367 e. The molecule has 0 bridgehead atoms. The number of nitrogens with zero attached hydrogens (tertiary/aromatic N) is 3. The van der Waals surface area contributed by atoms with Crippen molar-refractivity contribution >= 4 is 17.3 Å². The first-order valence-electron chi connectivity index (χ1n) is 7.48. The van der Waals surface area contributed by atoms with Crippen LogP contribution in [0.2, 0.25) is 0 Å². The molecule has 2 unspecified atom stereocenters. The van der Waals surface area contributed by atoms with Crippen LogP contribution in [0, 0.1) is 22.0 Å². The Morgan fingerprint density at radius 3 is 2.57 bits per heavy atom. The lowest BCUT2D eigenvalue weighted by Gasteiger charge is -2.35. The van der Waals surface area contributed by atoms with E-state index in [4.69, 9.17) is 0 Å². The van der Waals surface area contributed by atoms with Crippen molar-refractivity contribution < 1.29 is 4.92 Å². The lowest BCUT2D eigenvalue weighted by Crippen LogP contribution is -2.35. The summed E-state index contributed by atoms with van der Waals surface area (Å²) in [6.07, 6.45) is 5.92. The van der Waals surface area contributed by atoms with Crippen molar-refractivity contribution in [2.45, 2.75) is 45.6 Å². The maximum atomic E-state index is 11.3. The smallest absolute Gasteiger partial charge is 0.353 e. The number of nitro groups is 1. The Balaban J connectivity index is 2.27. The molecule has 0 amide bonds. The molecule has 1 fully saturated rings. The summed E-state index contributed by atoms with van der Waals surface area (Å²) < 4.78 is 0. The van der Waals surface area contributed by atoms with E-state index in [2.05, 4.69) is 34.4 Å². The van der Waals surface area contributed by atoms with E-state index in [0.29, 0.717) is 17.7 Å². The van der Waals surface area contributed by atoms with Gasteiger partial charge in [-0.15, -0.1) is 0 Å². The molecule has 2 N–H and O–H groups in total. The van der Waals surface area contributed by atoms with Gasteiger partial charge < -0.3 is 10.6 Å². The number of anilines is 2. The highest BCUT2D eigenvalue weighted by atomic mass is 16.6. The molecule has 0 spiro atoms. The fourth-order valence-corrected chi connectivity index (χ4v) is 3.15. The molecule has 7 nitrogen and oxygen atoms in total. The number of hydrogen-bond acceptors (Lipinski definition) is 6. The van der Waals surface area contributed by atoms with Crippen molar-refractivity contribution in [2.75, 3.05) is 17.7 Å². The first-order chi connectivity index (χ1) is 10.0. The fraction of sp³-hybridized carbons (Fsp3) is 0.714. The number of hydrogen-bond donors (Lipinski definition) is 2. The number of nitrogens with one attached hydrogen (secondary N) is 2. The first kappa shape index (κ1) is 15.5. The van der Waals surface area contributed by atoms with Crippen molar-refractivity contribution in [1.82, 2.24) is 9.97 Å². The van der Waals surface area contributed by atoms with E-state index in [1.807, 2.05) is 0 Å². The minimum absolute atomic E-state index is 0.0759. The van der Waals surface area contributed by atoms with E-state index in [1.54, 1.807) is 7.05 Å². The highest BCUT2D eigenvalue weighted by Crippen LogP contribution is 2.35. The van der Waals surface area contributed by atoms with Gasteiger partial charge in [0.15, 0.2) is 0 Å². The summed E-state index contributed by atoms with van der Waals surface area (Å²) in [4.78, 5) is 18.9. The van der Waals surface area contributed by atoms with E-state index in [0.717, 1.165) is 19.3 Å². The van der Waals surface area contributed by atoms with Crippen LogP contribution in [0.3, 0.4) is 0 Å². The summed E-state index contributed by atoms with van der Waals surface area (Å²) in [5.41, 5.74) is -0.0759. The summed E-state index contributed by atoms with van der Waals surface area (Å²) in [5, 5.41) is 17.4. The van der Waals surface area contributed by atoms with E-state index in [1.165, 1.54) is 12.7 Å². The zero-order valence-corrected chi connectivity index (χ0v) is 12.8. The lowest BCUT2D eigenvalue weighted by molar-refractivity contribution is -0.383. The van der Waals surface area contributed by atoms with Crippen LogP contribution in [-0.4, -0.2) is 28.0 Å². The molecule has 2 rings (SSSR count). The lowest BCUT2D eigenvalue weighted by atomic mass is 9.78. The molecule has 1 aromatic heterocycles. The Morgan fingerprint density at radius 2 is 1.95 bits per heavy atom. The van der Waals surface area contributed by atoms with Crippen LogP contribution in [0.25, 0.3) is 0 Å². The predicted octanol–water partition coefficient (Wildman–Crippen LogP) is 3.05. The highest BCUT2D eigenvalue weighted by molar-refractivity contribution is 5.69. The maximum Gasteiger partial charge on any atom is 0.353 e. The normalized spacial score (nSPS) is 22.1. The number of aromatic nitrogens is 2. The molecule has 0 aliphatic heterocycles. The number of rotatable bonds is 5. The van der Waals surface area contributed by atoms with Gasteiger partial charge in [0.05, 0.1) is 4.92 Å².